The standard InChI is InChI=1S/C10H20N2O2/c1-8(7-13)12(2)10(14)6-11-5-9-3-4-9/h8-9,11,13H,3-7H2,1-2H3. The maximum atomic E-state index is 11.5. The molecule has 1 aliphatic carbocycles. The Labute approximate surface area is 85.3 Å². The van der Waals surface area contributed by atoms with E-state index in [4.69, 9.17) is 5.11 Å². The molecule has 0 aromatic carbocycles. The molecular formula is C10H20N2O2. The monoisotopic (exact) mass is 200 g/mol. The van der Waals surface area contributed by atoms with Crippen LogP contribution in [0.5, 0.6) is 0 Å². The molecule has 1 fully saturated rings. The van der Waals surface area contributed by atoms with Gasteiger partial charge in [-0.25, -0.2) is 0 Å². The van der Waals surface area contributed by atoms with Gasteiger partial charge in [0.2, 0.25) is 5.91 Å². The minimum Gasteiger partial charge on any atom is -0.394 e. The predicted octanol–water partition coefficient (Wildman–Crippen LogP) is -0.175. The first-order valence-corrected chi connectivity index (χ1v) is 5.22. The third-order valence-electron chi connectivity index (χ3n) is 2.72. The first-order chi connectivity index (χ1) is 6.65. The van der Waals surface area contributed by atoms with Crippen LogP contribution in [0.25, 0.3) is 0 Å². The van der Waals surface area contributed by atoms with E-state index >= 15 is 0 Å². The third kappa shape index (κ3) is 3.64. The lowest BCUT2D eigenvalue weighted by Crippen LogP contribution is -2.42. The van der Waals surface area contributed by atoms with E-state index in [-0.39, 0.29) is 18.6 Å². The zero-order chi connectivity index (χ0) is 10.6. The summed E-state index contributed by atoms with van der Waals surface area (Å²) in [5, 5.41) is 12.0. The Morgan fingerprint density at radius 2 is 2.29 bits per heavy atom. The number of nitrogens with zero attached hydrogens (tertiary/aromatic N) is 1. The molecule has 1 unspecified atom stereocenters. The van der Waals surface area contributed by atoms with E-state index in [0.29, 0.717) is 6.54 Å². The summed E-state index contributed by atoms with van der Waals surface area (Å²) in [6, 6.07) is -0.0924. The maximum Gasteiger partial charge on any atom is 0.236 e. The number of aliphatic hydroxyl groups excluding tert-OH is 1. The van der Waals surface area contributed by atoms with Gasteiger partial charge in [0.15, 0.2) is 0 Å². The van der Waals surface area contributed by atoms with E-state index in [1.165, 1.54) is 12.8 Å². The zero-order valence-corrected chi connectivity index (χ0v) is 8.99. The van der Waals surface area contributed by atoms with Crippen LogP contribution in [0.1, 0.15) is 19.8 Å². The Morgan fingerprint density at radius 1 is 1.64 bits per heavy atom. The molecule has 1 amide bonds. The van der Waals surface area contributed by atoms with Gasteiger partial charge in [0.05, 0.1) is 19.2 Å². The van der Waals surface area contributed by atoms with Crippen molar-refractivity contribution in [1.82, 2.24) is 10.2 Å². The van der Waals surface area contributed by atoms with Gasteiger partial charge in [0.25, 0.3) is 0 Å². The lowest BCUT2D eigenvalue weighted by Gasteiger charge is -2.23. The van der Waals surface area contributed by atoms with Crippen molar-refractivity contribution in [2.24, 2.45) is 5.92 Å². The molecule has 0 saturated heterocycles. The Bertz CT molecular complexity index is 193. The van der Waals surface area contributed by atoms with Gasteiger partial charge in [-0.1, -0.05) is 0 Å². The molecule has 14 heavy (non-hydrogen) atoms. The van der Waals surface area contributed by atoms with Crippen molar-refractivity contribution in [3.63, 3.8) is 0 Å². The van der Waals surface area contributed by atoms with Crippen molar-refractivity contribution >= 4 is 5.91 Å². The molecule has 2 N–H and O–H groups in total. The van der Waals surface area contributed by atoms with Gasteiger partial charge in [-0.15, -0.1) is 0 Å². The van der Waals surface area contributed by atoms with Crippen molar-refractivity contribution in [3.8, 4) is 0 Å². The summed E-state index contributed by atoms with van der Waals surface area (Å²) in [6.45, 7) is 3.19. The van der Waals surface area contributed by atoms with Crippen LogP contribution in [0.3, 0.4) is 0 Å². The summed E-state index contributed by atoms with van der Waals surface area (Å²) in [7, 11) is 1.72. The van der Waals surface area contributed by atoms with Crippen LogP contribution in [0.2, 0.25) is 0 Å². The Kier molecular flexibility index (Phi) is 4.35. The van der Waals surface area contributed by atoms with Gasteiger partial charge in [0, 0.05) is 7.05 Å². The highest BCUT2D eigenvalue weighted by atomic mass is 16.3. The van der Waals surface area contributed by atoms with E-state index in [1.54, 1.807) is 11.9 Å². The fourth-order valence-corrected chi connectivity index (χ4v) is 1.20. The molecule has 0 aromatic rings. The van der Waals surface area contributed by atoms with Crippen molar-refractivity contribution in [2.45, 2.75) is 25.8 Å². The van der Waals surface area contributed by atoms with Gasteiger partial charge < -0.3 is 15.3 Å². The number of amides is 1. The van der Waals surface area contributed by atoms with Crippen LogP contribution < -0.4 is 5.32 Å². The molecule has 1 rings (SSSR count). The summed E-state index contributed by atoms with van der Waals surface area (Å²) in [5.41, 5.74) is 0. The van der Waals surface area contributed by atoms with Crippen LogP contribution in [-0.4, -0.2) is 48.7 Å². The summed E-state index contributed by atoms with van der Waals surface area (Å²) < 4.78 is 0. The topological polar surface area (TPSA) is 52.6 Å². The molecule has 0 aliphatic heterocycles. The minimum atomic E-state index is -0.0924. The number of aliphatic hydroxyl groups is 1. The summed E-state index contributed by atoms with van der Waals surface area (Å²) >= 11 is 0. The summed E-state index contributed by atoms with van der Waals surface area (Å²) in [4.78, 5) is 13.1. The Morgan fingerprint density at radius 3 is 2.79 bits per heavy atom. The quantitative estimate of drug-likeness (QED) is 0.625. The van der Waals surface area contributed by atoms with E-state index in [0.717, 1.165) is 12.5 Å². The second-order valence-electron chi connectivity index (χ2n) is 4.11. The maximum absolute atomic E-state index is 11.5. The Hall–Kier alpha value is -0.610. The van der Waals surface area contributed by atoms with Gasteiger partial charge in [-0.3, -0.25) is 4.79 Å². The van der Waals surface area contributed by atoms with Crippen molar-refractivity contribution in [2.75, 3.05) is 26.7 Å². The first kappa shape index (κ1) is 11.5. The number of hydrogen-bond acceptors (Lipinski definition) is 3. The zero-order valence-electron chi connectivity index (χ0n) is 8.99. The minimum absolute atomic E-state index is 0.0187. The Balaban J connectivity index is 2.11. The van der Waals surface area contributed by atoms with Crippen LogP contribution in [-0.2, 0) is 4.79 Å². The third-order valence-corrected chi connectivity index (χ3v) is 2.72. The highest BCUT2D eigenvalue weighted by Gasteiger charge is 2.21. The van der Waals surface area contributed by atoms with Gasteiger partial charge in [0.1, 0.15) is 0 Å². The smallest absolute Gasteiger partial charge is 0.236 e. The van der Waals surface area contributed by atoms with Gasteiger partial charge in [-0.05, 0) is 32.2 Å². The predicted molar refractivity (Wildman–Crippen MR) is 54.9 cm³/mol. The molecule has 1 aliphatic rings. The number of carbonyl (C=O) groups excluding carboxylic acids is 1. The molecule has 0 radical (unpaired) electrons. The molecule has 0 bridgehead atoms. The molecule has 0 spiro atoms. The second kappa shape index (κ2) is 5.32. The van der Waals surface area contributed by atoms with Gasteiger partial charge in [-0.2, -0.15) is 0 Å². The van der Waals surface area contributed by atoms with E-state index in [9.17, 15) is 4.79 Å². The largest absolute Gasteiger partial charge is 0.394 e. The van der Waals surface area contributed by atoms with E-state index in [2.05, 4.69) is 5.32 Å². The number of hydrogen-bond donors (Lipinski definition) is 2. The van der Waals surface area contributed by atoms with Crippen LogP contribution >= 0.6 is 0 Å². The number of nitrogens with one attached hydrogen (secondary N) is 1. The normalized spacial score (nSPS) is 17.9. The lowest BCUT2D eigenvalue weighted by molar-refractivity contribution is -0.131. The number of carbonyl (C=O) groups is 1. The molecular weight excluding hydrogens is 180 g/mol. The number of likely N-dealkylation sites (N-methyl/N-ethyl adjacent to an activating group) is 1. The molecule has 1 atom stereocenters. The van der Waals surface area contributed by atoms with E-state index in [1.807, 2.05) is 6.92 Å². The van der Waals surface area contributed by atoms with Crippen molar-refractivity contribution in [3.05, 3.63) is 0 Å². The van der Waals surface area contributed by atoms with Crippen molar-refractivity contribution < 1.29 is 9.90 Å². The second-order valence-corrected chi connectivity index (χ2v) is 4.11. The first-order valence-electron chi connectivity index (χ1n) is 5.22. The van der Waals surface area contributed by atoms with Crippen LogP contribution in [0.4, 0.5) is 0 Å². The van der Waals surface area contributed by atoms with Crippen LogP contribution in [0.15, 0.2) is 0 Å². The fourth-order valence-electron chi connectivity index (χ4n) is 1.20. The molecule has 0 aromatic heterocycles. The summed E-state index contributed by atoms with van der Waals surface area (Å²) in [6.07, 6.45) is 2.59. The molecule has 82 valence electrons. The highest BCUT2D eigenvalue weighted by Crippen LogP contribution is 2.27. The van der Waals surface area contributed by atoms with E-state index < -0.39 is 0 Å². The fraction of sp³-hybridized carbons (Fsp3) is 0.900. The van der Waals surface area contributed by atoms with Crippen molar-refractivity contribution in [1.29, 1.82) is 0 Å². The van der Waals surface area contributed by atoms with Crippen LogP contribution in [0, 0.1) is 5.92 Å². The average molecular weight is 200 g/mol. The molecule has 4 nitrogen and oxygen atoms in total. The highest BCUT2D eigenvalue weighted by molar-refractivity contribution is 5.78. The van der Waals surface area contributed by atoms with Gasteiger partial charge >= 0.3 is 0 Å². The molecule has 1 saturated carbocycles. The lowest BCUT2D eigenvalue weighted by atomic mass is 10.3. The number of rotatable bonds is 6. The SMILES string of the molecule is CC(CO)N(C)C(=O)CNCC1CC1. The average Bonchev–Trinajstić information content (AvgIpc) is 2.99. The summed E-state index contributed by atoms with van der Waals surface area (Å²) in [5.74, 6) is 0.843. The molecule has 4 heteroatoms. The molecule has 0 heterocycles.